The fourth-order valence-corrected chi connectivity index (χ4v) is 4.27. The number of methoxy groups -OCH3 is 1. The molecule has 0 aliphatic rings. The van der Waals surface area contributed by atoms with Crippen molar-refractivity contribution in [2.75, 3.05) is 31.2 Å². The fourth-order valence-electron chi connectivity index (χ4n) is 2.72. The third-order valence-electron chi connectivity index (χ3n) is 3.95. The number of sulfonamides is 1. The molecule has 9 heteroatoms. The molecule has 29 heavy (non-hydrogen) atoms. The van der Waals surface area contributed by atoms with Crippen molar-refractivity contribution in [2.24, 2.45) is 0 Å². The van der Waals surface area contributed by atoms with Crippen LogP contribution < -0.4 is 14.4 Å². The number of hydrogen-bond acceptors (Lipinski definition) is 5. The molecule has 0 bridgehead atoms. The molecule has 0 fully saturated rings. The highest BCUT2D eigenvalue weighted by atomic mass is 35.5. The Morgan fingerprint density at radius 1 is 1.17 bits per heavy atom. The van der Waals surface area contributed by atoms with E-state index in [9.17, 15) is 13.2 Å². The average molecular weight is 441 g/mol. The number of benzene rings is 2. The van der Waals surface area contributed by atoms with Gasteiger partial charge in [-0.25, -0.2) is 8.42 Å². The number of nitrogens with one attached hydrogen (secondary N) is 1. The number of carbonyl (C=O) groups is 1. The van der Waals surface area contributed by atoms with Crippen LogP contribution >= 0.6 is 11.6 Å². The maximum Gasteiger partial charge on any atom is 0.264 e. The minimum Gasteiger partial charge on any atom is -0.492 e. The maximum absolute atomic E-state index is 13.4. The van der Waals surface area contributed by atoms with Gasteiger partial charge in [0.15, 0.2) is 0 Å². The summed E-state index contributed by atoms with van der Waals surface area (Å²) in [6.07, 6.45) is 0. The molecule has 0 heterocycles. The molecule has 2 aromatic rings. The van der Waals surface area contributed by atoms with E-state index in [-0.39, 0.29) is 16.6 Å². The monoisotopic (exact) mass is 440 g/mol. The Balaban J connectivity index is 2.46. The van der Waals surface area contributed by atoms with Gasteiger partial charge in [0.1, 0.15) is 12.3 Å². The van der Waals surface area contributed by atoms with E-state index in [1.807, 2.05) is 0 Å². The van der Waals surface area contributed by atoms with Gasteiger partial charge in [-0.1, -0.05) is 23.7 Å². The largest absolute Gasteiger partial charge is 0.492 e. The highest BCUT2D eigenvalue weighted by Crippen LogP contribution is 2.32. The van der Waals surface area contributed by atoms with Crippen molar-refractivity contribution in [1.29, 1.82) is 0 Å². The molecule has 0 unspecified atom stereocenters. The number of halogens is 1. The molecule has 0 spiro atoms. The predicted octanol–water partition coefficient (Wildman–Crippen LogP) is 3.09. The summed E-state index contributed by atoms with van der Waals surface area (Å²) in [5, 5.41) is 3.15. The summed E-state index contributed by atoms with van der Waals surface area (Å²) in [6, 6.07) is 12.2. The van der Waals surface area contributed by atoms with Gasteiger partial charge in [0.2, 0.25) is 5.91 Å². The van der Waals surface area contributed by atoms with E-state index in [1.54, 1.807) is 38.1 Å². The second kappa shape index (κ2) is 10.5. The quantitative estimate of drug-likeness (QED) is 0.613. The number of ether oxygens (including phenoxy) is 2. The van der Waals surface area contributed by atoms with Gasteiger partial charge in [-0.15, -0.1) is 0 Å². The van der Waals surface area contributed by atoms with Crippen molar-refractivity contribution in [3.8, 4) is 5.75 Å². The lowest BCUT2D eigenvalue weighted by atomic mass is 10.3. The molecule has 1 atom stereocenters. The summed E-state index contributed by atoms with van der Waals surface area (Å²) >= 11 is 5.89. The number of nitrogens with zero attached hydrogens (tertiary/aromatic N) is 1. The van der Waals surface area contributed by atoms with Crippen molar-refractivity contribution in [3.63, 3.8) is 0 Å². The second-order valence-electron chi connectivity index (χ2n) is 6.29. The Morgan fingerprint density at radius 3 is 2.45 bits per heavy atom. The SMILES string of the molecule is CCOc1ccccc1N(CC(=O)N[C@@H](C)COC)S(=O)(=O)c1ccc(Cl)cc1. The molecule has 158 valence electrons. The van der Waals surface area contributed by atoms with Crippen LogP contribution in [0.5, 0.6) is 5.75 Å². The summed E-state index contributed by atoms with van der Waals surface area (Å²) in [5.41, 5.74) is 0.277. The lowest BCUT2D eigenvalue weighted by Gasteiger charge is -2.26. The standard InChI is InChI=1S/C20H25ClN2O5S/c1-4-28-19-8-6-5-7-18(19)23(13-20(24)22-15(2)14-27-3)29(25,26)17-11-9-16(21)10-12-17/h5-12,15H,4,13-14H2,1-3H3,(H,22,24)/t15-/m0/s1. The van der Waals surface area contributed by atoms with E-state index >= 15 is 0 Å². The number of para-hydroxylation sites is 2. The zero-order valence-corrected chi connectivity index (χ0v) is 18.2. The van der Waals surface area contributed by atoms with Crippen LogP contribution in [0.25, 0.3) is 0 Å². The summed E-state index contributed by atoms with van der Waals surface area (Å²) in [4.78, 5) is 12.6. The Hall–Kier alpha value is -2.29. The van der Waals surface area contributed by atoms with Crippen LogP contribution in [0, 0.1) is 0 Å². The Morgan fingerprint density at radius 2 is 1.83 bits per heavy atom. The molecule has 2 rings (SSSR count). The van der Waals surface area contributed by atoms with E-state index in [1.165, 1.54) is 31.4 Å². The van der Waals surface area contributed by atoms with Crippen LogP contribution in [0.15, 0.2) is 53.4 Å². The number of hydrogen-bond donors (Lipinski definition) is 1. The van der Waals surface area contributed by atoms with Crippen LogP contribution in [0.2, 0.25) is 5.02 Å². The van der Waals surface area contributed by atoms with Gasteiger partial charge in [-0.3, -0.25) is 9.10 Å². The van der Waals surface area contributed by atoms with Crippen molar-refractivity contribution < 1.29 is 22.7 Å². The lowest BCUT2D eigenvalue weighted by molar-refractivity contribution is -0.120. The zero-order valence-electron chi connectivity index (χ0n) is 16.6. The van der Waals surface area contributed by atoms with Crippen molar-refractivity contribution in [2.45, 2.75) is 24.8 Å². The van der Waals surface area contributed by atoms with E-state index in [0.717, 1.165) is 4.31 Å². The topological polar surface area (TPSA) is 84.9 Å². The molecule has 1 amide bonds. The van der Waals surface area contributed by atoms with Gasteiger partial charge in [-0.2, -0.15) is 0 Å². The van der Waals surface area contributed by atoms with Crippen molar-refractivity contribution in [3.05, 3.63) is 53.6 Å². The molecule has 0 radical (unpaired) electrons. The zero-order chi connectivity index (χ0) is 21.4. The molecule has 0 saturated carbocycles. The first-order chi connectivity index (χ1) is 13.8. The lowest BCUT2D eigenvalue weighted by Crippen LogP contribution is -2.44. The molecule has 0 aliphatic heterocycles. The number of rotatable bonds is 10. The molecule has 1 N–H and O–H groups in total. The third-order valence-corrected chi connectivity index (χ3v) is 5.97. The molecule has 0 aliphatic carbocycles. The molecular weight excluding hydrogens is 416 g/mol. The molecule has 7 nitrogen and oxygen atoms in total. The smallest absolute Gasteiger partial charge is 0.264 e. The first-order valence-electron chi connectivity index (χ1n) is 9.08. The number of amides is 1. The second-order valence-corrected chi connectivity index (χ2v) is 8.59. The van der Waals surface area contributed by atoms with E-state index in [2.05, 4.69) is 5.32 Å². The van der Waals surface area contributed by atoms with Crippen LogP contribution in [0.1, 0.15) is 13.8 Å². The number of carbonyl (C=O) groups excluding carboxylic acids is 1. The summed E-state index contributed by atoms with van der Waals surface area (Å²) < 4.78 is 38.4. The summed E-state index contributed by atoms with van der Waals surface area (Å²) in [7, 11) is -2.53. The van der Waals surface area contributed by atoms with Crippen LogP contribution in [-0.4, -0.2) is 47.2 Å². The van der Waals surface area contributed by atoms with Crippen molar-refractivity contribution in [1.82, 2.24) is 5.32 Å². The Bertz CT molecular complexity index is 919. The highest BCUT2D eigenvalue weighted by Gasteiger charge is 2.29. The third kappa shape index (κ3) is 6.09. The van der Waals surface area contributed by atoms with E-state index in [0.29, 0.717) is 24.0 Å². The molecular formula is C20H25ClN2O5S. The van der Waals surface area contributed by atoms with Gasteiger partial charge in [0.25, 0.3) is 10.0 Å². The molecule has 2 aromatic carbocycles. The van der Waals surface area contributed by atoms with Crippen LogP contribution in [-0.2, 0) is 19.6 Å². The fraction of sp³-hybridized carbons (Fsp3) is 0.350. The predicted molar refractivity (Wildman–Crippen MR) is 113 cm³/mol. The van der Waals surface area contributed by atoms with Gasteiger partial charge >= 0.3 is 0 Å². The minimum absolute atomic E-state index is 0.0194. The highest BCUT2D eigenvalue weighted by molar-refractivity contribution is 7.92. The molecule has 0 aromatic heterocycles. The van der Waals surface area contributed by atoms with Crippen molar-refractivity contribution >= 4 is 33.2 Å². The van der Waals surface area contributed by atoms with Gasteiger partial charge in [-0.05, 0) is 50.2 Å². The van der Waals surface area contributed by atoms with Crippen LogP contribution in [0.3, 0.4) is 0 Å². The summed E-state index contributed by atoms with van der Waals surface area (Å²) in [5.74, 6) is -0.0938. The van der Waals surface area contributed by atoms with Gasteiger partial charge in [0, 0.05) is 18.2 Å². The first kappa shape index (κ1) is 23.0. The van der Waals surface area contributed by atoms with E-state index < -0.39 is 22.5 Å². The Kier molecular flexibility index (Phi) is 8.31. The van der Waals surface area contributed by atoms with Gasteiger partial charge < -0.3 is 14.8 Å². The van der Waals surface area contributed by atoms with E-state index in [4.69, 9.17) is 21.1 Å². The minimum atomic E-state index is -4.05. The van der Waals surface area contributed by atoms with Gasteiger partial charge in [0.05, 0.1) is 23.8 Å². The Labute approximate surface area is 176 Å². The number of anilines is 1. The average Bonchev–Trinajstić information content (AvgIpc) is 2.67. The maximum atomic E-state index is 13.4. The van der Waals surface area contributed by atoms with Crippen LogP contribution in [0.4, 0.5) is 5.69 Å². The molecule has 0 saturated heterocycles. The first-order valence-corrected chi connectivity index (χ1v) is 10.9. The summed E-state index contributed by atoms with van der Waals surface area (Å²) in [6.45, 7) is 3.82. The normalized spacial score (nSPS) is 12.3.